The van der Waals surface area contributed by atoms with Crippen molar-refractivity contribution in [2.24, 2.45) is 0 Å². The summed E-state index contributed by atoms with van der Waals surface area (Å²) in [5.74, 6) is 1.03. The highest BCUT2D eigenvalue weighted by Gasteiger charge is 2.42. The number of hydrogen-bond donors (Lipinski definition) is 2. The molecular weight excluding hydrogens is 521 g/mol. The number of nitrogens with one attached hydrogen (secondary N) is 2. The van der Waals surface area contributed by atoms with Crippen LogP contribution in [0.25, 0.3) is 0 Å². The Morgan fingerprint density at radius 3 is 2.30 bits per heavy atom. The van der Waals surface area contributed by atoms with Crippen LogP contribution >= 0.6 is 0 Å². The van der Waals surface area contributed by atoms with Crippen LogP contribution in [0.2, 0.25) is 0 Å². The number of halogens is 3. The molecule has 0 spiro atoms. The van der Waals surface area contributed by atoms with Crippen molar-refractivity contribution in [1.82, 2.24) is 15.6 Å². The quantitative estimate of drug-likeness (QED) is 0.417. The monoisotopic (exact) mass is 552 g/mol. The summed E-state index contributed by atoms with van der Waals surface area (Å²) in [4.78, 5) is 32.5. The predicted octanol–water partition coefficient (Wildman–Crippen LogP) is 5.28. The maximum absolute atomic E-state index is 13.0. The number of piperidine rings is 1. The van der Waals surface area contributed by atoms with Crippen LogP contribution in [-0.2, 0) is 12.7 Å². The Hall–Kier alpha value is -4.08. The van der Waals surface area contributed by atoms with Crippen LogP contribution in [-0.4, -0.2) is 42.0 Å². The molecule has 2 saturated heterocycles. The van der Waals surface area contributed by atoms with Gasteiger partial charge in [-0.05, 0) is 74.6 Å². The number of alkyl halides is 3. The number of pyridine rings is 1. The number of ether oxygens (including phenoxy) is 1. The van der Waals surface area contributed by atoms with Gasteiger partial charge in [0.15, 0.2) is 0 Å². The first-order valence-corrected chi connectivity index (χ1v) is 13.3. The molecule has 2 fully saturated rings. The van der Waals surface area contributed by atoms with Gasteiger partial charge in [-0.2, -0.15) is 13.2 Å². The van der Waals surface area contributed by atoms with Crippen molar-refractivity contribution in [2.75, 3.05) is 12.0 Å². The van der Waals surface area contributed by atoms with E-state index >= 15 is 0 Å². The Morgan fingerprint density at radius 1 is 1.00 bits per heavy atom. The first kappa shape index (κ1) is 27.5. The highest BCUT2D eigenvalue weighted by Crippen LogP contribution is 2.39. The summed E-state index contributed by atoms with van der Waals surface area (Å²) in [6.45, 7) is 1.99. The van der Waals surface area contributed by atoms with Gasteiger partial charge in [-0.15, -0.1) is 0 Å². The predicted molar refractivity (Wildman–Crippen MR) is 144 cm³/mol. The SMILES string of the molecule is COc1cccc(C(=O)NC2C[C@H]3CC[C@@H](C2)N3c2ccc(C(=O)NCc3ccc(C(F)(F)F)cc3)cn2)c1C. The Bertz CT molecular complexity index is 1360. The Morgan fingerprint density at radius 2 is 1.70 bits per heavy atom. The molecule has 210 valence electrons. The van der Waals surface area contributed by atoms with E-state index in [1.54, 1.807) is 13.2 Å². The molecular formula is C30H31F3N4O3. The molecule has 2 bridgehead atoms. The van der Waals surface area contributed by atoms with Crippen molar-refractivity contribution in [3.63, 3.8) is 0 Å². The molecule has 7 nitrogen and oxygen atoms in total. The van der Waals surface area contributed by atoms with Gasteiger partial charge in [0, 0.05) is 42.0 Å². The summed E-state index contributed by atoms with van der Waals surface area (Å²) in [6, 6.07) is 14.2. The van der Waals surface area contributed by atoms with Gasteiger partial charge in [-0.25, -0.2) is 4.98 Å². The van der Waals surface area contributed by atoms with E-state index in [4.69, 9.17) is 4.74 Å². The van der Waals surface area contributed by atoms with E-state index in [1.165, 1.54) is 18.3 Å². The van der Waals surface area contributed by atoms with Gasteiger partial charge < -0.3 is 20.3 Å². The fourth-order valence-electron chi connectivity index (χ4n) is 5.78. The van der Waals surface area contributed by atoms with Crippen molar-refractivity contribution < 1.29 is 27.5 Å². The van der Waals surface area contributed by atoms with Crippen molar-refractivity contribution in [2.45, 2.75) is 63.5 Å². The minimum Gasteiger partial charge on any atom is -0.496 e. The van der Waals surface area contributed by atoms with E-state index in [0.29, 0.717) is 22.4 Å². The zero-order valence-electron chi connectivity index (χ0n) is 22.3. The smallest absolute Gasteiger partial charge is 0.416 e. The number of rotatable bonds is 7. The number of benzene rings is 2. The molecule has 0 saturated carbocycles. The van der Waals surface area contributed by atoms with Crippen LogP contribution < -0.4 is 20.3 Å². The lowest BCUT2D eigenvalue weighted by molar-refractivity contribution is -0.137. The lowest BCUT2D eigenvalue weighted by atomic mass is 9.96. The average Bonchev–Trinajstić information content (AvgIpc) is 3.21. The summed E-state index contributed by atoms with van der Waals surface area (Å²) in [5, 5.41) is 5.94. The van der Waals surface area contributed by atoms with Gasteiger partial charge in [0.1, 0.15) is 11.6 Å². The highest BCUT2D eigenvalue weighted by atomic mass is 19.4. The third kappa shape index (κ3) is 5.76. The summed E-state index contributed by atoms with van der Waals surface area (Å²) in [5.41, 5.74) is 1.64. The normalized spacial score (nSPS) is 20.2. The Labute approximate surface area is 230 Å². The van der Waals surface area contributed by atoms with Crippen LogP contribution in [0.3, 0.4) is 0 Å². The molecule has 0 aliphatic carbocycles. The molecule has 2 aliphatic heterocycles. The topological polar surface area (TPSA) is 83.6 Å². The molecule has 10 heteroatoms. The number of amides is 2. The van der Waals surface area contributed by atoms with Crippen molar-refractivity contribution >= 4 is 17.6 Å². The summed E-state index contributed by atoms with van der Waals surface area (Å²) >= 11 is 0. The first-order valence-electron chi connectivity index (χ1n) is 13.3. The fourth-order valence-corrected chi connectivity index (χ4v) is 5.78. The Kier molecular flexibility index (Phi) is 7.69. The third-order valence-corrected chi connectivity index (χ3v) is 7.83. The van der Waals surface area contributed by atoms with E-state index in [9.17, 15) is 22.8 Å². The molecule has 2 N–H and O–H groups in total. The molecule has 40 heavy (non-hydrogen) atoms. The number of fused-ring (bicyclic) bond motifs is 2. The van der Waals surface area contributed by atoms with E-state index in [2.05, 4.69) is 20.5 Å². The molecule has 3 atom stereocenters. The van der Waals surface area contributed by atoms with Crippen LogP contribution in [0.5, 0.6) is 5.75 Å². The summed E-state index contributed by atoms with van der Waals surface area (Å²) in [6.07, 6.45) is 0.757. The molecule has 5 rings (SSSR count). The van der Waals surface area contributed by atoms with Crippen molar-refractivity contribution in [3.8, 4) is 5.75 Å². The number of hydrogen-bond acceptors (Lipinski definition) is 5. The molecule has 0 radical (unpaired) electrons. The third-order valence-electron chi connectivity index (χ3n) is 7.83. The number of methoxy groups -OCH3 is 1. The molecule has 1 unspecified atom stereocenters. The zero-order chi connectivity index (χ0) is 28.4. The maximum Gasteiger partial charge on any atom is 0.416 e. The second kappa shape index (κ2) is 11.2. The van der Waals surface area contributed by atoms with Crippen LogP contribution in [0.4, 0.5) is 19.0 Å². The second-order valence-corrected chi connectivity index (χ2v) is 10.3. The lowest BCUT2D eigenvalue weighted by Crippen LogP contribution is -2.50. The molecule has 1 aromatic heterocycles. The van der Waals surface area contributed by atoms with E-state index in [0.717, 1.165) is 49.2 Å². The number of nitrogens with zero attached hydrogens (tertiary/aromatic N) is 2. The van der Waals surface area contributed by atoms with Crippen LogP contribution in [0, 0.1) is 6.92 Å². The minimum atomic E-state index is -4.40. The Balaban J connectivity index is 1.17. The highest BCUT2D eigenvalue weighted by molar-refractivity contribution is 5.96. The minimum absolute atomic E-state index is 0.0575. The first-order chi connectivity index (χ1) is 19.1. The molecule has 3 heterocycles. The van der Waals surface area contributed by atoms with Crippen LogP contribution in [0.1, 0.15) is 63.1 Å². The number of aromatic nitrogens is 1. The fraction of sp³-hybridized carbons (Fsp3) is 0.367. The van der Waals surface area contributed by atoms with Gasteiger partial charge in [-0.3, -0.25) is 9.59 Å². The van der Waals surface area contributed by atoms with Gasteiger partial charge in [-0.1, -0.05) is 18.2 Å². The van der Waals surface area contributed by atoms with Gasteiger partial charge in [0.05, 0.1) is 18.2 Å². The van der Waals surface area contributed by atoms with Gasteiger partial charge in [0.25, 0.3) is 11.8 Å². The van der Waals surface area contributed by atoms with Gasteiger partial charge in [0.2, 0.25) is 0 Å². The second-order valence-electron chi connectivity index (χ2n) is 10.3. The van der Waals surface area contributed by atoms with Crippen molar-refractivity contribution in [1.29, 1.82) is 0 Å². The summed E-state index contributed by atoms with van der Waals surface area (Å²) < 4.78 is 43.6. The largest absolute Gasteiger partial charge is 0.496 e. The number of anilines is 1. The summed E-state index contributed by atoms with van der Waals surface area (Å²) in [7, 11) is 1.59. The lowest BCUT2D eigenvalue weighted by Gasteiger charge is -2.40. The number of carbonyl (C=O) groups is 2. The number of carbonyl (C=O) groups excluding carboxylic acids is 2. The maximum atomic E-state index is 13.0. The standard InChI is InChI=1S/C30H31F3N4O3/c1-18-25(4-3-5-26(18)40-2)29(39)36-22-14-23-11-12-24(15-22)37(23)27-13-8-20(17-34-27)28(38)35-16-19-6-9-21(10-7-19)30(31,32)33/h3-10,13,17,22-24H,11-12,14-16H2,1-2H3,(H,35,38)(H,36,39)/t22?,23-,24+. The zero-order valence-corrected chi connectivity index (χ0v) is 22.3. The molecule has 2 aliphatic rings. The van der Waals surface area contributed by atoms with E-state index < -0.39 is 11.7 Å². The molecule has 2 aromatic carbocycles. The van der Waals surface area contributed by atoms with E-state index in [-0.39, 0.29) is 36.5 Å². The van der Waals surface area contributed by atoms with E-state index in [1.807, 2.05) is 31.2 Å². The van der Waals surface area contributed by atoms with Crippen LogP contribution in [0.15, 0.2) is 60.8 Å². The van der Waals surface area contributed by atoms with Gasteiger partial charge >= 0.3 is 6.18 Å². The molecule has 2 amide bonds. The molecule has 3 aromatic rings. The average molecular weight is 553 g/mol. The van der Waals surface area contributed by atoms with Crippen molar-refractivity contribution in [3.05, 3.63) is 88.6 Å².